The van der Waals surface area contributed by atoms with Crippen LogP contribution in [-0.2, 0) is 5.92 Å². The molecule has 0 unspecified atom stereocenters. The maximum Gasteiger partial charge on any atom is 0.285 e. The smallest absolute Gasteiger partial charge is 0.285 e. The standard InChI is InChI=1S/C8H10F2N2/c1-6-4-7(2-3-12-6)8(9,10)5-11/h2-4H,5,11H2,1H3. The summed E-state index contributed by atoms with van der Waals surface area (Å²) in [5, 5.41) is 0. The Labute approximate surface area is 69.4 Å². The highest BCUT2D eigenvalue weighted by molar-refractivity contribution is 5.20. The number of rotatable bonds is 2. The lowest BCUT2D eigenvalue weighted by atomic mass is 10.1. The zero-order valence-electron chi connectivity index (χ0n) is 6.72. The fraction of sp³-hybridized carbons (Fsp3) is 0.375. The van der Waals surface area contributed by atoms with E-state index in [0.717, 1.165) is 0 Å². The number of nitrogens with two attached hydrogens (primary N) is 1. The first-order valence-corrected chi connectivity index (χ1v) is 3.57. The number of hydrogen-bond acceptors (Lipinski definition) is 2. The van der Waals surface area contributed by atoms with E-state index >= 15 is 0 Å². The van der Waals surface area contributed by atoms with Crippen LogP contribution >= 0.6 is 0 Å². The number of aromatic nitrogens is 1. The molecule has 0 aromatic carbocycles. The molecule has 12 heavy (non-hydrogen) atoms. The van der Waals surface area contributed by atoms with Gasteiger partial charge in [-0.05, 0) is 19.1 Å². The van der Waals surface area contributed by atoms with Crippen LogP contribution in [0.3, 0.4) is 0 Å². The monoisotopic (exact) mass is 172 g/mol. The third kappa shape index (κ3) is 1.76. The second kappa shape index (κ2) is 3.15. The molecule has 1 heterocycles. The largest absolute Gasteiger partial charge is 0.325 e. The van der Waals surface area contributed by atoms with Crippen LogP contribution in [0.25, 0.3) is 0 Å². The van der Waals surface area contributed by atoms with Crippen LogP contribution in [0.5, 0.6) is 0 Å². The van der Waals surface area contributed by atoms with Gasteiger partial charge < -0.3 is 5.73 Å². The molecule has 1 rings (SSSR count). The van der Waals surface area contributed by atoms with Crippen molar-refractivity contribution in [3.8, 4) is 0 Å². The van der Waals surface area contributed by atoms with Gasteiger partial charge in [-0.25, -0.2) is 0 Å². The molecule has 0 aliphatic carbocycles. The molecule has 4 heteroatoms. The minimum atomic E-state index is -2.94. The highest BCUT2D eigenvalue weighted by atomic mass is 19.3. The number of nitrogens with zero attached hydrogens (tertiary/aromatic N) is 1. The summed E-state index contributed by atoms with van der Waals surface area (Å²) >= 11 is 0. The number of pyridine rings is 1. The minimum absolute atomic E-state index is 0.0718. The second-order valence-corrected chi connectivity index (χ2v) is 2.59. The van der Waals surface area contributed by atoms with Gasteiger partial charge in [-0.2, -0.15) is 8.78 Å². The Morgan fingerprint density at radius 3 is 2.75 bits per heavy atom. The van der Waals surface area contributed by atoms with Crippen molar-refractivity contribution in [3.05, 3.63) is 29.6 Å². The van der Waals surface area contributed by atoms with Gasteiger partial charge in [0.25, 0.3) is 5.92 Å². The van der Waals surface area contributed by atoms with Crippen molar-refractivity contribution < 1.29 is 8.78 Å². The van der Waals surface area contributed by atoms with Gasteiger partial charge in [0.05, 0.1) is 6.54 Å². The molecule has 0 radical (unpaired) electrons. The number of aryl methyl sites for hydroxylation is 1. The summed E-state index contributed by atoms with van der Waals surface area (Å²) in [6.07, 6.45) is 1.36. The van der Waals surface area contributed by atoms with Gasteiger partial charge >= 0.3 is 0 Å². The zero-order valence-corrected chi connectivity index (χ0v) is 6.72. The molecule has 1 aromatic rings. The van der Waals surface area contributed by atoms with Crippen LogP contribution in [-0.4, -0.2) is 11.5 Å². The van der Waals surface area contributed by atoms with E-state index in [0.29, 0.717) is 5.69 Å². The second-order valence-electron chi connectivity index (χ2n) is 2.59. The zero-order chi connectivity index (χ0) is 9.19. The van der Waals surface area contributed by atoms with Crippen molar-refractivity contribution in [2.75, 3.05) is 6.54 Å². The molecule has 0 saturated carbocycles. The van der Waals surface area contributed by atoms with Gasteiger partial charge in [0.1, 0.15) is 0 Å². The van der Waals surface area contributed by atoms with Gasteiger partial charge in [0.15, 0.2) is 0 Å². The molecule has 2 N–H and O–H groups in total. The lowest BCUT2D eigenvalue weighted by Gasteiger charge is -2.13. The fourth-order valence-corrected chi connectivity index (χ4v) is 0.891. The molecule has 0 aliphatic rings. The predicted molar refractivity (Wildman–Crippen MR) is 41.9 cm³/mol. The number of alkyl halides is 2. The molecule has 0 bridgehead atoms. The predicted octanol–water partition coefficient (Wildman–Crippen LogP) is 1.44. The molecule has 0 spiro atoms. The van der Waals surface area contributed by atoms with E-state index in [9.17, 15) is 8.78 Å². The van der Waals surface area contributed by atoms with E-state index in [1.165, 1.54) is 18.3 Å². The molecule has 66 valence electrons. The minimum Gasteiger partial charge on any atom is -0.325 e. The highest BCUT2D eigenvalue weighted by Gasteiger charge is 2.29. The van der Waals surface area contributed by atoms with Crippen LogP contribution in [0, 0.1) is 6.92 Å². The first-order chi connectivity index (χ1) is 5.56. The van der Waals surface area contributed by atoms with Gasteiger partial charge in [-0.3, -0.25) is 4.98 Å². The maximum atomic E-state index is 12.9. The van der Waals surface area contributed by atoms with E-state index in [4.69, 9.17) is 5.73 Å². The van der Waals surface area contributed by atoms with Crippen LogP contribution in [0.2, 0.25) is 0 Å². The SMILES string of the molecule is Cc1cc(C(F)(F)CN)ccn1. The quantitative estimate of drug-likeness (QED) is 0.733. The average Bonchev–Trinajstić information content (AvgIpc) is 2.05. The third-order valence-corrected chi connectivity index (χ3v) is 1.58. The van der Waals surface area contributed by atoms with E-state index in [1.54, 1.807) is 6.92 Å². The molecule has 1 aromatic heterocycles. The number of halogens is 2. The first kappa shape index (κ1) is 9.06. The Morgan fingerprint density at radius 1 is 1.58 bits per heavy atom. The van der Waals surface area contributed by atoms with Crippen LogP contribution < -0.4 is 5.73 Å². The van der Waals surface area contributed by atoms with Gasteiger partial charge in [-0.1, -0.05) is 0 Å². The Morgan fingerprint density at radius 2 is 2.25 bits per heavy atom. The molecule has 0 saturated heterocycles. The molecular formula is C8H10F2N2. The molecule has 0 atom stereocenters. The lowest BCUT2D eigenvalue weighted by molar-refractivity contribution is 0.00580. The van der Waals surface area contributed by atoms with E-state index < -0.39 is 12.5 Å². The summed E-state index contributed by atoms with van der Waals surface area (Å²) in [6.45, 7) is 0.993. The summed E-state index contributed by atoms with van der Waals surface area (Å²) in [5.41, 5.74) is 5.42. The molecule has 2 nitrogen and oxygen atoms in total. The van der Waals surface area contributed by atoms with Crippen molar-refractivity contribution in [1.82, 2.24) is 4.98 Å². The Kier molecular flexibility index (Phi) is 2.38. The van der Waals surface area contributed by atoms with Crippen molar-refractivity contribution in [2.24, 2.45) is 5.73 Å². The highest BCUT2D eigenvalue weighted by Crippen LogP contribution is 2.25. The van der Waals surface area contributed by atoms with Crippen molar-refractivity contribution in [1.29, 1.82) is 0 Å². The van der Waals surface area contributed by atoms with E-state index in [-0.39, 0.29) is 5.56 Å². The molecular weight excluding hydrogens is 162 g/mol. The van der Waals surface area contributed by atoms with Crippen LogP contribution in [0.1, 0.15) is 11.3 Å². The Bertz CT molecular complexity index is 274. The summed E-state index contributed by atoms with van der Waals surface area (Å²) in [6, 6.07) is 2.62. The average molecular weight is 172 g/mol. The Balaban J connectivity index is 3.03. The lowest BCUT2D eigenvalue weighted by Crippen LogP contribution is -2.25. The van der Waals surface area contributed by atoms with Crippen LogP contribution in [0.15, 0.2) is 18.3 Å². The Hall–Kier alpha value is -1.03. The number of hydrogen-bond donors (Lipinski definition) is 1. The molecule has 0 amide bonds. The van der Waals surface area contributed by atoms with Crippen molar-refractivity contribution in [3.63, 3.8) is 0 Å². The van der Waals surface area contributed by atoms with E-state index in [2.05, 4.69) is 4.98 Å². The van der Waals surface area contributed by atoms with Crippen molar-refractivity contribution >= 4 is 0 Å². The van der Waals surface area contributed by atoms with Crippen molar-refractivity contribution in [2.45, 2.75) is 12.8 Å². The van der Waals surface area contributed by atoms with Crippen LogP contribution in [0.4, 0.5) is 8.78 Å². The first-order valence-electron chi connectivity index (χ1n) is 3.57. The normalized spacial score (nSPS) is 11.7. The van der Waals surface area contributed by atoms with Gasteiger partial charge in [-0.15, -0.1) is 0 Å². The van der Waals surface area contributed by atoms with Gasteiger partial charge in [0, 0.05) is 17.5 Å². The summed E-state index contributed by atoms with van der Waals surface area (Å²) in [5.74, 6) is -2.94. The topological polar surface area (TPSA) is 38.9 Å². The third-order valence-electron chi connectivity index (χ3n) is 1.58. The summed E-state index contributed by atoms with van der Waals surface area (Å²) in [4.78, 5) is 3.81. The summed E-state index contributed by atoms with van der Waals surface area (Å²) < 4.78 is 25.8. The summed E-state index contributed by atoms with van der Waals surface area (Å²) in [7, 11) is 0. The molecule has 0 fully saturated rings. The van der Waals surface area contributed by atoms with Gasteiger partial charge in [0.2, 0.25) is 0 Å². The maximum absolute atomic E-state index is 12.9. The van der Waals surface area contributed by atoms with E-state index in [1.807, 2.05) is 0 Å². The molecule has 0 aliphatic heterocycles. The fourth-order valence-electron chi connectivity index (χ4n) is 0.891.